The summed E-state index contributed by atoms with van der Waals surface area (Å²) in [5.74, 6) is 0.884. The Bertz CT molecular complexity index is 770. The van der Waals surface area contributed by atoms with Crippen LogP contribution in [-0.4, -0.2) is 30.1 Å². The molecule has 3 heteroatoms. The number of para-hydroxylation sites is 1. The number of benzene rings is 2. The number of ether oxygens (including phenoxy) is 1. The minimum Gasteiger partial charge on any atom is -0.497 e. The first-order valence-electron chi connectivity index (χ1n) is 8.23. The summed E-state index contributed by atoms with van der Waals surface area (Å²) in [7, 11) is 1.70. The second-order valence-electron chi connectivity index (χ2n) is 5.71. The van der Waals surface area contributed by atoms with E-state index in [9.17, 15) is 0 Å². The van der Waals surface area contributed by atoms with Gasteiger partial charge in [0.25, 0.3) is 0 Å². The molecule has 1 heterocycles. The van der Waals surface area contributed by atoms with Crippen molar-refractivity contribution in [2.24, 2.45) is 0 Å². The summed E-state index contributed by atoms with van der Waals surface area (Å²) in [6, 6.07) is 16.8. The van der Waals surface area contributed by atoms with Crippen LogP contribution in [0.5, 0.6) is 5.75 Å². The van der Waals surface area contributed by atoms with Gasteiger partial charge in [0.1, 0.15) is 5.75 Å². The highest BCUT2D eigenvalue weighted by Gasteiger charge is 2.15. The van der Waals surface area contributed by atoms with Crippen LogP contribution in [0.25, 0.3) is 22.2 Å². The van der Waals surface area contributed by atoms with Gasteiger partial charge in [0.05, 0.1) is 12.8 Å². The smallest absolute Gasteiger partial charge is 0.118 e. The Morgan fingerprint density at radius 1 is 0.957 bits per heavy atom. The predicted molar refractivity (Wildman–Crippen MR) is 96.9 cm³/mol. The van der Waals surface area contributed by atoms with Crippen molar-refractivity contribution in [3.63, 3.8) is 0 Å². The molecule has 0 saturated heterocycles. The summed E-state index contributed by atoms with van der Waals surface area (Å²) in [4.78, 5) is 6.05. The lowest BCUT2D eigenvalue weighted by atomic mass is 10.0. The molecule has 1 N–H and O–H groups in total. The van der Waals surface area contributed by atoms with E-state index < -0.39 is 0 Å². The molecule has 3 nitrogen and oxygen atoms in total. The minimum absolute atomic E-state index is 0.884. The summed E-state index contributed by atoms with van der Waals surface area (Å²) < 4.78 is 5.28. The topological polar surface area (TPSA) is 28.3 Å². The van der Waals surface area contributed by atoms with E-state index in [2.05, 4.69) is 60.1 Å². The summed E-state index contributed by atoms with van der Waals surface area (Å²) in [5, 5.41) is 1.31. The third-order valence-corrected chi connectivity index (χ3v) is 4.47. The van der Waals surface area contributed by atoms with Crippen molar-refractivity contribution in [2.45, 2.75) is 20.4 Å². The molecule has 0 aliphatic rings. The van der Waals surface area contributed by atoms with Gasteiger partial charge in [0, 0.05) is 17.4 Å². The standard InChI is InChI=1S/C20H24N2O/c1-4-22(5-2)14-18-17-8-6-7-9-19(17)21-20(18)15-10-12-16(23-3)13-11-15/h6-13,21H,4-5,14H2,1-3H3. The lowest BCUT2D eigenvalue weighted by Crippen LogP contribution is -2.22. The number of hydrogen-bond acceptors (Lipinski definition) is 2. The Morgan fingerprint density at radius 2 is 1.65 bits per heavy atom. The van der Waals surface area contributed by atoms with Crippen LogP contribution in [0, 0.1) is 0 Å². The van der Waals surface area contributed by atoms with Crippen molar-refractivity contribution in [3.8, 4) is 17.0 Å². The molecule has 0 amide bonds. The maximum absolute atomic E-state index is 5.28. The summed E-state index contributed by atoms with van der Waals surface area (Å²) >= 11 is 0. The molecule has 2 aromatic carbocycles. The van der Waals surface area contributed by atoms with Crippen molar-refractivity contribution in [2.75, 3.05) is 20.2 Å². The van der Waals surface area contributed by atoms with Crippen LogP contribution < -0.4 is 4.74 Å². The fourth-order valence-corrected chi connectivity index (χ4v) is 3.04. The van der Waals surface area contributed by atoms with Crippen LogP contribution in [0.3, 0.4) is 0 Å². The van der Waals surface area contributed by atoms with E-state index in [0.29, 0.717) is 0 Å². The number of rotatable bonds is 6. The van der Waals surface area contributed by atoms with Crippen molar-refractivity contribution in [3.05, 3.63) is 54.1 Å². The zero-order valence-electron chi connectivity index (χ0n) is 14.1. The van der Waals surface area contributed by atoms with Gasteiger partial charge >= 0.3 is 0 Å². The van der Waals surface area contributed by atoms with E-state index in [0.717, 1.165) is 25.4 Å². The number of fused-ring (bicyclic) bond motifs is 1. The molecule has 0 fully saturated rings. The summed E-state index contributed by atoms with van der Waals surface area (Å²) in [6.45, 7) is 7.49. The van der Waals surface area contributed by atoms with Gasteiger partial charge in [-0.15, -0.1) is 0 Å². The summed E-state index contributed by atoms with van der Waals surface area (Å²) in [5.41, 5.74) is 4.97. The normalized spacial score (nSPS) is 11.3. The fraction of sp³-hybridized carbons (Fsp3) is 0.300. The zero-order chi connectivity index (χ0) is 16.2. The van der Waals surface area contributed by atoms with Crippen LogP contribution in [0.4, 0.5) is 0 Å². The van der Waals surface area contributed by atoms with Crippen LogP contribution in [0.2, 0.25) is 0 Å². The van der Waals surface area contributed by atoms with Crippen LogP contribution in [-0.2, 0) is 6.54 Å². The number of aromatic amines is 1. The molecule has 0 aliphatic heterocycles. The molecule has 23 heavy (non-hydrogen) atoms. The third-order valence-electron chi connectivity index (χ3n) is 4.47. The van der Waals surface area contributed by atoms with Gasteiger partial charge in [0.15, 0.2) is 0 Å². The minimum atomic E-state index is 0.884. The van der Waals surface area contributed by atoms with E-state index >= 15 is 0 Å². The molecule has 0 atom stereocenters. The van der Waals surface area contributed by atoms with Crippen molar-refractivity contribution < 1.29 is 4.74 Å². The second-order valence-corrected chi connectivity index (χ2v) is 5.71. The van der Waals surface area contributed by atoms with E-state index in [1.807, 2.05) is 12.1 Å². The lowest BCUT2D eigenvalue weighted by molar-refractivity contribution is 0.297. The second kappa shape index (κ2) is 6.88. The van der Waals surface area contributed by atoms with E-state index in [1.165, 1.54) is 27.7 Å². The Kier molecular flexibility index (Phi) is 4.68. The maximum atomic E-state index is 5.28. The predicted octanol–water partition coefficient (Wildman–Crippen LogP) is 4.69. The van der Waals surface area contributed by atoms with Gasteiger partial charge in [-0.2, -0.15) is 0 Å². The highest BCUT2D eigenvalue weighted by molar-refractivity contribution is 5.90. The number of aromatic nitrogens is 1. The monoisotopic (exact) mass is 308 g/mol. The third kappa shape index (κ3) is 3.10. The first-order valence-corrected chi connectivity index (χ1v) is 8.23. The van der Waals surface area contributed by atoms with Gasteiger partial charge in [-0.1, -0.05) is 32.0 Å². The average Bonchev–Trinajstić information content (AvgIpc) is 2.98. The Morgan fingerprint density at radius 3 is 2.30 bits per heavy atom. The largest absolute Gasteiger partial charge is 0.497 e. The highest BCUT2D eigenvalue weighted by Crippen LogP contribution is 2.32. The van der Waals surface area contributed by atoms with Crippen LogP contribution in [0.15, 0.2) is 48.5 Å². The van der Waals surface area contributed by atoms with Crippen LogP contribution in [0.1, 0.15) is 19.4 Å². The Hall–Kier alpha value is -2.26. The number of hydrogen-bond donors (Lipinski definition) is 1. The molecular weight excluding hydrogens is 284 g/mol. The van der Waals surface area contributed by atoms with Gasteiger partial charge in [-0.05, 0) is 54.5 Å². The van der Waals surface area contributed by atoms with Crippen molar-refractivity contribution >= 4 is 10.9 Å². The molecule has 3 aromatic rings. The number of nitrogens with one attached hydrogen (secondary N) is 1. The molecule has 0 unspecified atom stereocenters. The molecule has 0 saturated carbocycles. The number of nitrogens with zero attached hydrogens (tertiary/aromatic N) is 1. The number of H-pyrrole nitrogens is 1. The van der Waals surface area contributed by atoms with Crippen LogP contribution >= 0.6 is 0 Å². The molecular formula is C20H24N2O. The zero-order valence-corrected chi connectivity index (χ0v) is 14.1. The lowest BCUT2D eigenvalue weighted by Gasteiger charge is -2.19. The van der Waals surface area contributed by atoms with Gasteiger partial charge in [-0.3, -0.25) is 4.90 Å². The van der Waals surface area contributed by atoms with E-state index in [4.69, 9.17) is 4.74 Å². The SMILES string of the molecule is CCN(CC)Cc1c(-c2ccc(OC)cc2)[nH]c2ccccc12. The molecule has 0 radical (unpaired) electrons. The molecule has 0 aliphatic carbocycles. The average molecular weight is 308 g/mol. The van der Waals surface area contributed by atoms with Crippen molar-refractivity contribution in [1.82, 2.24) is 9.88 Å². The first-order chi connectivity index (χ1) is 11.3. The molecule has 0 spiro atoms. The van der Waals surface area contributed by atoms with Gasteiger partial charge < -0.3 is 9.72 Å². The van der Waals surface area contributed by atoms with Gasteiger partial charge in [0.2, 0.25) is 0 Å². The van der Waals surface area contributed by atoms with E-state index in [1.54, 1.807) is 7.11 Å². The highest BCUT2D eigenvalue weighted by atomic mass is 16.5. The summed E-state index contributed by atoms with van der Waals surface area (Å²) in [6.07, 6.45) is 0. The quantitative estimate of drug-likeness (QED) is 0.716. The van der Waals surface area contributed by atoms with Gasteiger partial charge in [-0.25, -0.2) is 0 Å². The Labute approximate surface area is 137 Å². The molecule has 1 aromatic heterocycles. The Balaban J connectivity index is 2.10. The fourth-order valence-electron chi connectivity index (χ4n) is 3.04. The molecule has 120 valence electrons. The van der Waals surface area contributed by atoms with Crippen molar-refractivity contribution in [1.29, 1.82) is 0 Å². The molecule has 0 bridgehead atoms. The first kappa shape index (κ1) is 15.6. The molecule has 3 rings (SSSR count). The van der Waals surface area contributed by atoms with E-state index in [-0.39, 0.29) is 0 Å². The maximum Gasteiger partial charge on any atom is 0.118 e. The number of methoxy groups -OCH3 is 1.